The Hall–Kier alpha value is -3.23. The summed E-state index contributed by atoms with van der Waals surface area (Å²) >= 11 is 0. The molecule has 2 amide bonds. The van der Waals surface area contributed by atoms with E-state index in [-0.39, 0.29) is 30.4 Å². The van der Waals surface area contributed by atoms with Crippen molar-refractivity contribution in [1.82, 2.24) is 20.0 Å². The molecular weight excluding hydrogens is 350 g/mol. The second-order valence-corrected chi connectivity index (χ2v) is 6.10. The molecule has 1 N–H and O–H groups in total. The maximum atomic E-state index is 12.3. The Morgan fingerprint density at radius 2 is 1.93 bits per heavy atom. The van der Waals surface area contributed by atoms with E-state index in [4.69, 9.17) is 0 Å². The largest absolute Gasteiger partial charge is 0.345 e. The number of hydrogen-bond donors (Lipinski definition) is 1. The van der Waals surface area contributed by atoms with Crippen LogP contribution in [-0.2, 0) is 22.7 Å². The SMILES string of the molecule is CCN(Cc1ccccc1)C(=O)CNC(=O)Cn1nc(C)c([N+](=O)[O-])c1C. The van der Waals surface area contributed by atoms with E-state index in [2.05, 4.69) is 10.4 Å². The molecule has 0 aliphatic heterocycles. The summed E-state index contributed by atoms with van der Waals surface area (Å²) in [5, 5.41) is 17.6. The van der Waals surface area contributed by atoms with Crippen molar-refractivity contribution < 1.29 is 14.5 Å². The lowest BCUT2D eigenvalue weighted by Gasteiger charge is -2.21. The zero-order valence-electron chi connectivity index (χ0n) is 15.6. The van der Waals surface area contributed by atoms with Crippen LogP contribution in [0.2, 0.25) is 0 Å². The van der Waals surface area contributed by atoms with Gasteiger partial charge >= 0.3 is 5.69 Å². The number of carbonyl (C=O) groups excluding carboxylic acids is 2. The number of nitrogens with one attached hydrogen (secondary N) is 1. The number of amides is 2. The van der Waals surface area contributed by atoms with E-state index >= 15 is 0 Å². The number of nitrogens with zero attached hydrogens (tertiary/aromatic N) is 4. The molecule has 0 bridgehead atoms. The highest BCUT2D eigenvalue weighted by Crippen LogP contribution is 2.21. The van der Waals surface area contributed by atoms with E-state index in [1.54, 1.807) is 4.90 Å². The molecule has 0 atom stereocenters. The molecule has 2 aromatic rings. The van der Waals surface area contributed by atoms with Crippen molar-refractivity contribution in [2.45, 2.75) is 33.9 Å². The van der Waals surface area contributed by atoms with Crippen LogP contribution in [0.3, 0.4) is 0 Å². The fourth-order valence-electron chi connectivity index (χ4n) is 2.76. The monoisotopic (exact) mass is 373 g/mol. The van der Waals surface area contributed by atoms with E-state index in [9.17, 15) is 19.7 Å². The molecule has 1 heterocycles. The van der Waals surface area contributed by atoms with Gasteiger partial charge in [0.25, 0.3) is 0 Å². The van der Waals surface area contributed by atoms with E-state index in [0.717, 1.165) is 5.56 Å². The second kappa shape index (κ2) is 8.93. The van der Waals surface area contributed by atoms with Crippen LogP contribution in [0.4, 0.5) is 5.69 Å². The molecule has 0 unspecified atom stereocenters. The molecule has 9 nitrogen and oxygen atoms in total. The zero-order chi connectivity index (χ0) is 20.0. The quantitative estimate of drug-likeness (QED) is 0.558. The van der Waals surface area contributed by atoms with Gasteiger partial charge in [-0.1, -0.05) is 30.3 Å². The van der Waals surface area contributed by atoms with E-state index in [1.807, 2.05) is 37.3 Å². The van der Waals surface area contributed by atoms with Crippen molar-refractivity contribution in [2.75, 3.05) is 13.1 Å². The van der Waals surface area contributed by atoms with Crippen LogP contribution in [0.5, 0.6) is 0 Å². The van der Waals surface area contributed by atoms with Crippen LogP contribution in [-0.4, -0.2) is 44.5 Å². The highest BCUT2D eigenvalue weighted by molar-refractivity contribution is 5.84. The molecule has 0 fully saturated rings. The zero-order valence-corrected chi connectivity index (χ0v) is 15.6. The Balaban J connectivity index is 1.92. The van der Waals surface area contributed by atoms with Crippen LogP contribution in [0.1, 0.15) is 23.9 Å². The van der Waals surface area contributed by atoms with Crippen LogP contribution < -0.4 is 5.32 Å². The molecule has 0 spiro atoms. The minimum absolute atomic E-state index is 0.0982. The van der Waals surface area contributed by atoms with Crippen molar-refractivity contribution in [3.05, 3.63) is 57.4 Å². The normalized spacial score (nSPS) is 10.5. The third-order valence-electron chi connectivity index (χ3n) is 4.21. The summed E-state index contributed by atoms with van der Waals surface area (Å²) in [4.78, 5) is 36.6. The summed E-state index contributed by atoms with van der Waals surface area (Å²) in [5.41, 5.74) is 1.47. The highest BCUT2D eigenvalue weighted by atomic mass is 16.6. The van der Waals surface area contributed by atoms with Crippen LogP contribution in [0, 0.1) is 24.0 Å². The van der Waals surface area contributed by atoms with E-state index in [0.29, 0.717) is 18.8 Å². The van der Waals surface area contributed by atoms with Crippen molar-refractivity contribution in [2.24, 2.45) is 0 Å². The minimum Gasteiger partial charge on any atom is -0.345 e. The first kappa shape index (κ1) is 20.1. The fourth-order valence-corrected chi connectivity index (χ4v) is 2.76. The Morgan fingerprint density at radius 1 is 1.26 bits per heavy atom. The summed E-state index contributed by atoms with van der Waals surface area (Å²) < 4.78 is 1.27. The minimum atomic E-state index is -0.516. The predicted octanol–water partition coefficient (Wildman–Crippen LogP) is 1.57. The van der Waals surface area contributed by atoms with Crippen molar-refractivity contribution in [3.8, 4) is 0 Å². The second-order valence-electron chi connectivity index (χ2n) is 6.10. The van der Waals surface area contributed by atoms with E-state index < -0.39 is 10.8 Å². The smallest absolute Gasteiger partial charge is 0.312 e. The maximum absolute atomic E-state index is 12.3. The molecule has 1 aromatic heterocycles. The summed E-state index contributed by atoms with van der Waals surface area (Å²) in [7, 11) is 0. The lowest BCUT2D eigenvalue weighted by molar-refractivity contribution is -0.386. The summed E-state index contributed by atoms with van der Waals surface area (Å²) in [6.45, 7) is 5.60. The van der Waals surface area contributed by atoms with Gasteiger partial charge in [0.2, 0.25) is 11.8 Å². The number of nitro groups is 1. The Bertz CT molecular complexity index is 832. The maximum Gasteiger partial charge on any atom is 0.312 e. The van der Waals surface area contributed by atoms with Crippen LogP contribution in [0.25, 0.3) is 0 Å². The van der Waals surface area contributed by atoms with Crippen molar-refractivity contribution in [3.63, 3.8) is 0 Å². The molecule has 0 saturated carbocycles. The number of benzene rings is 1. The predicted molar refractivity (Wildman–Crippen MR) is 98.9 cm³/mol. The number of aryl methyl sites for hydroxylation is 1. The topological polar surface area (TPSA) is 110 Å². The molecule has 27 heavy (non-hydrogen) atoms. The van der Waals surface area contributed by atoms with Crippen molar-refractivity contribution >= 4 is 17.5 Å². The summed E-state index contributed by atoms with van der Waals surface area (Å²) in [6, 6.07) is 9.59. The standard InChI is InChI=1S/C18H23N5O4/c1-4-21(11-15-8-6-5-7-9-15)17(25)10-19-16(24)12-22-14(3)18(23(26)27)13(2)20-22/h5-9H,4,10-12H2,1-3H3,(H,19,24). The lowest BCUT2D eigenvalue weighted by Crippen LogP contribution is -2.40. The molecule has 144 valence electrons. The van der Waals surface area contributed by atoms with Gasteiger partial charge in [0.05, 0.1) is 11.5 Å². The van der Waals surface area contributed by atoms with Gasteiger partial charge in [0, 0.05) is 13.1 Å². The Kier molecular flexibility index (Phi) is 6.64. The number of rotatable bonds is 8. The average molecular weight is 373 g/mol. The molecule has 0 aliphatic carbocycles. The van der Waals surface area contributed by atoms with Gasteiger partial charge in [-0.15, -0.1) is 0 Å². The van der Waals surface area contributed by atoms with Gasteiger partial charge < -0.3 is 10.2 Å². The Morgan fingerprint density at radius 3 is 2.48 bits per heavy atom. The Labute approximate surface area is 157 Å². The average Bonchev–Trinajstić information content (AvgIpc) is 2.91. The van der Waals surface area contributed by atoms with Crippen LogP contribution >= 0.6 is 0 Å². The third kappa shape index (κ3) is 5.13. The third-order valence-corrected chi connectivity index (χ3v) is 4.21. The van der Waals surface area contributed by atoms with Gasteiger partial charge in [0.1, 0.15) is 17.9 Å². The first-order chi connectivity index (χ1) is 12.8. The van der Waals surface area contributed by atoms with Crippen molar-refractivity contribution in [1.29, 1.82) is 0 Å². The van der Waals surface area contributed by atoms with Gasteiger partial charge in [-0.3, -0.25) is 24.4 Å². The molecule has 0 radical (unpaired) electrons. The number of likely N-dealkylation sites (N-methyl/N-ethyl adjacent to an activating group) is 1. The lowest BCUT2D eigenvalue weighted by atomic mass is 10.2. The first-order valence-electron chi connectivity index (χ1n) is 8.60. The molecule has 1 aromatic carbocycles. The van der Waals surface area contributed by atoms with E-state index in [1.165, 1.54) is 18.5 Å². The number of hydrogen-bond acceptors (Lipinski definition) is 5. The van der Waals surface area contributed by atoms with Gasteiger partial charge in [-0.05, 0) is 26.3 Å². The molecule has 2 rings (SSSR count). The van der Waals surface area contributed by atoms with Gasteiger partial charge in [-0.25, -0.2) is 0 Å². The van der Waals surface area contributed by atoms with Gasteiger partial charge in [0.15, 0.2) is 0 Å². The number of aromatic nitrogens is 2. The highest BCUT2D eigenvalue weighted by Gasteiger charge is 2.23. The molecule has 0 aliphatic rings. The molecule has 9 heteroatoms. The summed E-state index contributed by atoms with van der Waals surface area (Å²) in [6.07, 6.45) is 0. The fraction of sp³-hybridized carbons (Fsp3) is 0.389. The molecule has 0 saturated heterocycles. The van der Waals surface area contributed by atoms with Gasteiger partial charge in [-0.2, -0.15) is 5.10 Å². The molecular formula is C18H23N5O4. The summed E-state index contributed by atoms with van der Waals surface area (Å²) in [5.74, 6) is -0.631. The first-order valence-corrected chi connectivity index (χ1v) is 8.60. The number of carbonyl (C=O) groups is 2. The van der Waals surface area contributed by atoms with Crippen LogP contribution in [0.15, 0.2) is 30.3 Å².